The second kappa shape index (κ2) is 47.3. The zero-order valence-corrected chi connectivity index (χ0v) is 76.6. The topological polar surface area (TPSA) is 175 Å². The molecule has 11 aromatic carbocycles. The normalized spacial score (nSPS) is 16.8. The van der Waals surface area contributed by atoms with E-state index < -0.39 is 0 Å². The lowest BCUT2D eigenvalue weighted by Gasteiger charge is -2.26. The van der Waals surface area contributed by atoms with Gasteiger partial charge in [-0.15, -0.1) is 0 Å². The number of allylic oxidation sites excluding steroid dienone is 12. The fourth-order valence-corrected chi connectivity index (χ4v) is 15.1. The summed E-state index contributed by atoms with van der Waals surface area (Å²) in [5.41, 5.74) is 23.2. The summed E-state index contributed by atoms with van der Waals surface area (Å²) in [6.07, 6.45) is 24.5. The molecule has 4 unspecified atom stereocenters. The maximum Gasteiger partial charge on any atom is 0.265 e. The molecule has 0 radical (unpaired) electrons. The summed E-state index contributed by atoms with van der Waals surface area (Å²) < 4.78 is 28.7. The smallest absolute Gasteiger partial charge is 0.265 e. The molecule has 4 atom stereocenters. The average Bonchev–Trinajstić information content (AvgIpc) is 0.791. The predicted molar refractivity (Wildman–Crippen MR) is 542 cm³/mol. The minimum absolute atomic E-state index is 0.0633. The van der Waals surface area contributed by atoms with Crippen molar-refractivity contribution in [2.75, 3.05) is 66.8 Å². The molecule has 4 aliphatic heterocycles. The lowest BCUT2D eigenvalue weighted by atomic mass is 10.0. The third-order valence-corrected chi connectivity index (χ3v) is 22.3. The van der Waals surface area contributed by atoms with Gasteiger partial charge in [0.1, 0.15) is 28.8 Å². The molecule has 11 aromatic rings. The standard InChI is InChI=1S/C41H31N3O.C26H26N4O.C25H23N3O2.C24H21N3O/c1-30-27-36(41(29-42)43-2)28-40(45-30)26-15-31-13-20-37(21-14-31)44(38-22-16-34(17-23-38)32-9-5-3-6-10-32)39-24-18-35(19-25-39)33-11-7-4-8-12-33;1-19-16-21(26(18-27)28-2)17-25(31-19)15-8-20-6-9-23(10-7-20)30(5)24-13-11-22(12-14-24)29(3)4;1-18-15-20(25(17-26)27-2)16-24(30-18)12-7-19-5-8-21(9-6-19)28(3)22-10-13-23(29-4)14-11-22;1-18-15-20(24(17-25)26-2)16-23(28-18)14-11-19-9-12-22(13-10-19)27(3)21-7-5-4-6-8-21/h3-26,28,30H,27H2,1H3;6-15,17,19H,16H2,1,3-5H3;5-14,16,18H,15H2,1,3-4H3;4-14,16,18H,15H2,1,3H3/b26-15+,41-36-;15-8+,26-21-;12-7+,25-20-;14-11+,24-20-. The Morgan fingerprint density at radius 2 is 0.507 bits per heavy atom. The molecule has 0 saturated carbocycles. The van der Waals surface area contributed by atoms with Crippen LogP contribution in [0.15, 0.2) is 402 Å². The van der Waals surface area contributed by atoms with E-state index in [1.807, 2.05) is 196 Å². The Labute approximate surface area is 787 Å². The molecule has 0 fully saturated rings. The van der Waals surface area contributed by atoms with Crippen LogP contribution in [0.25, 0.3) is 65.9 Å². The Balaban J connectivity index is 0.000000164. The first-order chi connectivity index (χ1) is 65.1. The Morgan fingerprint density at radius 3 is 0.754 bits per heavy atom. The summed E-state index contributed by atoms with van der Waals surface area (Å²) in [4.78, 5) is 24.0. The molecular formula is C116H101N13O5. The molecule has 18 heteroatoms. The second-order valence-corrected chi connectivity index (χ2v) is 32.1. The monoisotopic (exact) mass is 1760 g/mol. The van der Waals surface area contributed by atoms with Crippen molar-refractivity contribution < 1.29 is 23.7 Å². The maximum atomic E-state index is 9.31. The number of ether oxygens (including phenoxy) is 5. The number of para-hydroxylation sites is 1. The van der Waals surface area contributed by atoms with Crippen LogP contribution in [-0.4, -0.2) is 66.8 Å². The van der Waals surface area contributed by atoms with Crippen molar-refractivity contribution in [2.45, 2.75) is 77.8 Å². The molecule has 0 aliphatic carbocycles. The van der Waals surface area contributed by atoms with Crippen LogP contribution in [0, 0.1) is 71.6 Å². The fourth-order valence-electron chi connectivity index (χ4n) is 15.1. The van der Waals surface area contributed by atoms with Gasteiger partial charge in [-0.05, 0) is 277 Å². The van der Waals surface area contributed by atoms with Gasteiger partial charge in [-0.1, -0.05) is 176 Å². The van der Waals surface area contributed by atoms with Gasteiger partial charge in [-0.3, -0.25) is 0 Å². The molecule has 660 valence electrons. The van der Waals surface area contributed by atoms with Gasteiger partial charge in [0.15, 0.2) is 0 Å². The number of benzene rings is 11. The zero-order valence-electron chi connectivity index (χ0n) is 76.6. The molecule has 0 N–H and O–H groups in total. The SMILES string of the molecule is [C-]#[N+]/C(C#N)=C1C=C(/C=C/c2ccc(N(C)c3ccc(N(C)C)cc3)cc2)OC(C)C\1.[C-]#[N+]/C(C#N)=C1C=C(/C=C/c2ccc(N(C)c3ccc(OC)cc3)cc2)OC(C)C\1.[C-]#[N+]/C(C#N)=C1C=C(/C=C/c2ccc(N(C)c3ccccc3)cc2)OC(C)C\1.[C-]#[N+]/C(C#N)=C1C=C(/C=C/c2ccc(N(c3ccc(-c4ccccc4)cc3)c3ccc(-c4ccccc4)cc3)cc2)OC(C)C\1. The molecule has 0 amide bonds. The molecule has 0 spiro atoms. The average molecular weight is 1760 g/mol. The number of hydrogen-bond donors (Lipinski definition) is 0. The van der Waals surface area contributed by atoms with E-state index in [1.165, 1.54) is 27.9 Å². The lowest BCUT2D eigenvalue weighted by Crippen LogP contribution is -2.13. The lowest BCUT2D eigenvalue weighted by molar-refractivity contribution is 0.133. The molecule has 15 rings (SSSR count). The van der Waals surface area contributed by atoms with Gasteiger partial charge in [-0.25, -0.2) is 40.4 Å². The minimum atomic E-state index is -0.104. The largest absolute Gasteiger partial charge is 0.497 e. The van der Waals surface area contributed by atoms with Crippen molar-refractivity contribution in [1.29, 1.82) is 21.0 Å². The number of hydrogen-bond acceptors (Lipinski definition) is 14. The van der Waals surface area contributed by atoms with Crippen molar-refractivity contribution in [3.8, 4) is 52.3 Å². The van der Waals surface area contributed by atoms with Gasteiger partial charge < -0.3 is 48.2 Å². The highest BCUT2D eigenvalue weighted by molar-refractivity contribution is 5.81. The Morgan fingerprint density at radius 1 is 0.291 bits per heavy atom. The summed E-state index contributed by atoms with van der Waals surface area (Å²) in [6.45, 7) is 36.5. The van der Waals surface area contributed by atoms with Crippen LogP contribution < -0.4 is 29.2 Å². The van der Waals surface area contributed by atoms with Gasteiger partial charge >= 0.3 is 0 Å². The van der Waals surface area contributed by atoms with E-state index in [0.717, 1.165) is 95.9 Å². The number of nitriles is 4. The first-order valence-corrected chi connectivity index (χ1v) is 43.6. The predicted octanol–water partition coefficient (Wildman–Crippen LogP) is 28.5. The molecule has 0 bridgehead atoms. The summed E-state index contributed by atoms with van der Waals surface area (Å²) in [5.74, 6) is 3.45. The van der Waals surface area contributed by atoms with Crippen LogP contribution >= 0.6 is 0 Å². The molecule has 18 nitrogen and oxygen atoms in total. The quantitative estimate of drug-likeness (QED) is 0.0491. The summed E-state index contributed by atoms with van der Waals surface area (Å²) >= 11 is 0. The third kappa shape index (κ3) is 26.2. The van der Waals surface area contributed by atoms with E-state index in [2.05, 4.69) is 269 Å². The van der Waals surface area contributed by atoms with Gasteiger partial charge in [0, 0.05) is 118 Å². The summed E-state index contributed by atoms with van der Waals surface area (Å²) in [6, 6.07) is 106. The van der Waals surface area contributed by atoms with E-state index in [1.54, 1.807) is 31.4 Å². The van der Waals surface area contributed by atoms with E-state index in [0.29, 0.717) is 54.3 Å². The minimum Gasteiger partial charge on any atom is -0.497 e. The number of nitrogens with zero attached hydrogens (tertiary/aromatic N) is 13. The molecule has 0 aromatic heterocycles. The van der Waals surface area contributed by atoms with Crippen LogP contribution in [0.4, 0.5) is 56.9 Å². The Hall–Kier alpha value is -17.8. The van der Waals surface area contributed by atoms with Gasteiger partial charge in [-0.2, -0.15) is 0 Å². The zero-order chi connectivity index (χ0) is 94.8. The molecule has 4 aliphatic rings. The van der Waals surface area contributed by atoms with Gasteiger partial charge in [0.2, 0.25) is 0 Å². The first kappa shape index (κ1) is 95.3. The number of methoxy groups -OCH3 is 1. The van der Waals surface area contributed by atoms with E-state index in [9.17, 15) is 5.26 Å². The summed E-state index contributed by atoms with van der Waals surface area (Å²) in [5, 5.41) is 36.7. The Kier molecular flexibility index (Phi) is 33.7. The fraction of sp³-hybridized carbons (Fsp3) is 0.155. The Bertz CT molecular complexity index is 6560. The highest BCUT2D eigenvalue weighted by atomic mass is 16.5. The van der Waals surface area contributed by atoms with Crippen molar-refractivity contribution in [3.63, 3.8) is 0 Å². The van der Waals surface area contributed by atoms with E-state index >= 15 is 0 Å². The molecule has 0 saturated heterocycles. The van der Waals surface area contributed by atoms with Gasteiger partial charge in [0.25, 0.3) is 22.8 Å². The molecule has 4 heterocycles. The van der Waals surface area contributed by atoms with Crippen LogP contribution in [-0.2, 0) is 18.9 Å². The number of rotatable bonds is 21. The second-order valence-electron chi connectivity index (χ2n) is 32.1. The third-order valence-electron chi connectivity index (χ3n) is 22.3. The van der Waals surface area contributed by atoms with Crippen molar-refractivity contribution in [2.24, 2.45) is 0 Å². The highest BCUT2D eigenvalue weighted by Gasteiger charge is 2.23. The molecule has 134 heavy (non-hydrogen) atoms. The van der Waals surface area contributed by atoms with Crippen molar-refractivity contribution in [3.05, 3.63) is 470 Å². The van der Waals surface area contributed by atoms with Crippen LogP contribution in [0.3, 0.4) is 0 Å². The highest BCUT2D eigenvalue weighted by Crippen LogP contribution is 2.40. The van der Waals surface area contributed by atoms with Crippen molar-refractivity contribution >= 4 is 81.2 Å². The number of anilines is 10. The maximum absolute atomic E-state index is 9.31. The summed E-state index contributed by atoms with van der Waals surface area (Å²) in [7, 11) is 11.8. The van der Waals surface area contributed by atoms with Crippen molar-refractivity contribution in [1.82, 2.24) is 0 Å². The molecular weight excluding hydrogens is 1660 g/mol. The van der Waals surface area contributed by atoms with E-state index in [-0.39, 0.29) is 47.2 Å². The van der Waals surface area contributed by atoms with Gasteiger partial charge in [0.05, 0.1) is 82.1 Å². The van der Waals surface area contributed by atoms with E-state index in [4.69, 9.17) is 65.8 Å². The van der Waals surface area contributed by atoms with Crippen LogP contribution in [0.1, 0.15) is 75.6 Å². The van der Waals surface area contributed by atoms with Crippen LogP contribution in [0.2, 0.25) is 0 Å². The first-order valence-electron chi connectivity index (χ1n) is 43.6. The van der Waals surface area contributed by atoms with Crippen LogP contribution in [0.5, 0.6) is 5.75 Å².